The van der Waals surface area contributed by atoms with Crippen LogP contribution in [0.15, 0.2) is 18.2 Å². The zero-order valence-corrected chi connectivity index (χ0v) is 11.8. The Balaban J connectivity index is 2.38. The van der Waals surface area contributed by atoms with Crippen LogP contribution in [-0.4, -0.2) is 44.3 Å². The first kappa shape index (κ1) is 15.2. The molecule has 0 radical (unpaired) electrons. The maximum atomic E-state index is 13.0. The summed E-state index contributed by atoms with van der Waals surface area (Å²) in [6.45, 7) is -0.421. The topological polar surface area (TPSA) is 101 Å². The first-order chi connectivity index (χ1) is 9.74. The number of rotatable bonds is 3. The Hall–Kier alpha value is -2.16. The fourth-order valence-electron chi connectivity index (χ4n) is 2.08. The van der Waals surface area contributed by atoms with E-state index in [0.29, 0.717) is 0 Å². The van der Waals surface area contributed by atoms with Gasteiger partial charge in [0.25, 0.3) is 0 Å². The molecule has 2 rings (SSSR count). The molecule has 1 saturated heterocycles. The molecule has 1 aliphatic heterocycles. The third-order valence-corrected chi connectivity index (χ3v) is 4.29. The smallest absolute Gasteiger partial charge is 0.337 e. The number of hydrogen-bond donors (Lipinski definition) is 1. The molecule has 1 amide bonds. The molecule has 1 aromatic carbocycles. The van der Waals surface area contributed by atoms with Crippen LogP contribution >= 0.6 is 0 Å². The van der Waals surface area contributed by atoms with Gasteiger partial charge in [-0.25, -0.2) is 4.79 Å². The van der Waals surface area contributed by atoms with Gasteiger partial charge in [-0.05, 0) is 18.2 Å². The van der Waals surface area contributed by atoms with E-state index in [1.165, 1.54) is 25.3 Å². The number of amides is 1. The van der Waals surface area contributed by atoms with Crippen molar-refractivity contribution in [2.45, 2.75) is 11.7 Å². The molecule has 7 nitrogen and oxygen atoms in total. The molecule has 21 heavy (non-hydrogen) atoms. The lowest BCUT2D eigenvalue weighted by Crippen LogP contribution is -2.27. The van der Waals surface area contributed by atoms with Crippen LogP contribution in [0.5, 0.6) is 5.75 Å². The highest BCUT2D eigenvalue weighted by Gasteiger charge is 2.40. The Morgan fingerprint density at radius 2 is 2.14 bits per heavy atom. The second-order valence-corrected chi connectivity index (χ2v) is 6.12. The van der Waals surface area contributed by atoms with Gasteiger partial charge >= 0.3 is 16.2 Å². The van der Waals surface area contributed by atoms with Crippen molar-refractivity contribution < 1.29 is 31.7 Å². The Kier molecular flexibility index (Phi) is 3.86. The van der Waals surface area contributed by atoms with Crippen LogP contribution in [0.1, 0.15) is 16.8 Å². The molecule has 1 aliphatic rings. The number of phenolic OH excluding ortho intramolecular Hbond substituents is 1. The lowest BCUT2D eigenvalue weighted by Gasteiger charge is -2.18. The molecule has 0 saturated carbocycles. The average molecular weight is 317 g/mol. The second kappa shape index (κ2) is 5.32. The Morgan fingerprint density at radius 3 is 2.67 bits per heavy atom. The lowest BCUT2D eigenvalue weighted by atomic mass is 10.1. The Morgan fingerprint density at radius 1 is 1.48 bits per heavy atom. The van der Waals surface area contributed by atoms with E-state index in [4.69, 9.17) is 0 Å². The number of hydrogen-bond acceptors (Lipinski definition) is 6. The maximum absolute atomic E-state index is 13.0. The van der Waals surface area contributed by atoms with Gasteiger partial charge in [0.1, 0.15) is 11.0 Å². The van der Waals surface area contributed by atoms with Gasteiger partial charge in [0.05, 0.1) is 18.4 Å². The summed E-state index contributed by atoms with van der Waals surface area (Å²) in [6, 6.07) is 3.65. The number of carbonyl (C=O) groups excluding carboxylic acids is 2. The predicted octanol–water partition coefficient (Wildman–Crippen LogP) is 0.583. The average Bonchev–Trinajstić information content (AvgIpc) is 2.80. The van der Waals surface area contributed by atoms with E-state index < -0.39 is 40.3 Å². The van der Waals surface area contributed by atoms with Crippen LogP contribution in [-0.2, 0) is 19.8 Å². The molecule has 0 aliphatic carbocycles. The van der Waals surface area contributed by atoms with E-state index in [0.717, 1.165) is 4.90 Å². The van der Waals surface area contributed by atoms with E-state index in [2.05, 4.69) is 4.74 Å². The molecule has 1 fully saturated rings. The van der Waals surface area contributed by atoms with Gasteiger partial charge in [-0.2, -0.15) is 8.42 Å². The van der Waals surface area contributed by atoms with Gasteiger partial charge in [-0.3, -0.25) is 4.79 Å². The molecule has 9 heteroatoms. The van der Waals surface area contributed by atoms with Crippen LogP contribution in [0.2, 0.25) is 0 Å². The molecule has 1 aromatic rings. The highest BCUT2D eigenvalue weighted by Crippen LogP contribution is 2.33. The summed E-state index contributed by atoms with van der Waals surface area (Å²) in [4.78, 5) is 24.2. The van der Waals surface area contributed by atoms with Crippen molar-refractivity contribution in [2.24, 2.45) is 0 Å². The normalized spacial score (nSPS) is 18.9. The number of aromatic hydroxyl groups is 1. The SMILES string of the molecule is COC(=O)c1ccc(O)c(N2CC(S(=O)(=O)F)CC2=O)c1. The highest BCUT2D eigenvalue weighted by atomic mass is 32.3. The molecule has 114 valence electrons. The summed E-state index contributed by atoms with van der Waals surface area (Å²) in [5, 5.41) is 8.29. The minimum absolute atomic E-state index is 0.0611. The fraction of sp³-hybridized carbons (Fsp3) is 0.333. The third-order valence-electron chi connectivity index (χ3n) is 3.18. The monoisotopic (exact) mass is 317 g/mol. The number of halogens is 1. The quantitative estimate of drug-likeness (QED) is 0.646. The zero-order chi connectivity index (χ0) is 15.8. The van der Waals surface area contributed by atoms with Gasteiger partial charge in [-0.15, -0.1) is 3.89 Å². The Bertz CT molecular complexity index is 702. The number of ether oxygens (including phenoxy) is 1. The molecule has 1 heterocycles. The fourth-order valence-corrected chi connectivity index (χ4v) is 2.75. The summed E-state index contributed by atoms with van der Waals surface area (Å²) in [7, 11) is -3.69. The van der Waals surface area contributed by atoms with Gasteiger partial charge in [-0.1, -0.05) is 0 Å². The number of nitrogens with zero attached hydrogens (tertiary/aromatic N) is 1. The largest absolute Gasteiger partial charge is 0.506 e. The van der Waals surface area contributed by atoms with Gasteiger partial charge in [0, 0.05) is 13.0 Å². The number of esters is 1. The van der Waals surface area contributed by atoms with Crippen molar-refractivity contribution in [2.75, 3.05) is 18.6 Å². The first-order valence-corrected chi connectivity index (χ1v) is 7.34. The number of carbonyl (C=O) groups is 2. The molecule has 1 N–H and O–H groups in total. The van der Waals surface area contributed by atoms with Crippen molar-refractivity contribution >= 4 is 27.8 Å². The molecule has 0 bridgehead atoms. The highest BCUT2D eigenvalue weighted by molar-refractivity contribution is 7.87. The van der Waals surface area contributed by atoms with Crippen molar-refractivity contribution in [3.63, 3.8) is 0 Å². The van der Waals surface area contributed by atoms with Gasteiger partial charge in [0.2, 0.25) is 5.91 Å². The Labute approximate surface area is 120 Å². The van der Waals surface area contributed by atoms with Crippen LogP contribution < -0.4 is 4.90 Å². The summed E-state index contributed by atoms with van der Waals surface area (Å²) in [6.07, 6.45) is -0.513. The van der Waals surface area contributed by atoms with Crippen LogP contribution in [0.25, 0.3) is 0 Å². The second-order valence-electron chi connectivity index (χ2n) is 4.50. The minimum Gasteiger partial charge on any atom is -0.506 e. The summed E-state index contributed by atoms with van der Waals surface area (Å²) < 4.78 is 39.3. The van der Waals surface area contributed by atoms with Crippen molar-refractivity contribution in [1.29, 1.82) is 0 Å². The predicted molar refractivity (Wildman–Crippen MR) is 70.2 cm³/mol. The van der Waals surface area contributed by atoms with E-state index >= 15 is 0 Å². The molecule has 0 spiro atoms. The van der Waals surface area contributed by atoms with E-state index in [9.17, 15) is 27.0 Å². The van der Waals surface area contributed by atoms with E-state index in [-0.39, 0.29) is 17.0 Å². The third kappa shape index (κ3) is 2.97. The molecular formula is C12H12FNO6S. The van der Waals surface area contributed by atoms with Crippen LogP contribution in [0, 0.1) is 0 Å². The van der Waals surface area contributed by atoms with Crippen LogP contribution in [0.3, 0.4) is 0 Å². The zero-order valence-electron chi connectivity index (χ0n) is 10.9. The van der Waals surface area contributed by atoms with Crippen molar-refractivity contribution in [3.8, 4) is 5.75 Å². The summed E-state index contributed by atoms with van der Waals surface area (Å²) in [5.74, 6) is -1.66. The van der Waals surface area contributed by atoms with Gasteiger partial charge < -0.3 is 14.7 Å². The van der Waals surface area contributed by atoms with Gasteiger partial charge in [0.15, 0.2) is 0 Å². The van der Waals surface area contributed by atoms with E-state index in [1.54, 1.807) is 0 Å². The maximum Gasteiger partial charge on any atom is 0.337 e. The number of methoxy groups -OCH3 is 1. The van der Waals surface area contributed by atoms with Crippen molar-refractivity contribution in [3.05, 3.63) is 23.8 Å². The number of phenols is 1. The van der Waals surface area contributed by atoms with Crippen LogP contribution in [0.4, 0.5) is 9.57 Å². The standard InChI is InChI=1S/C12H12FNO6S/c1-20-12(17)7-2-3-10(15)9(4-7)14-6-8(5-11(14)16)21(13,18)19/h2-4,8,15H,5-6H2,1H3. The molecule has 1 unspecified atom stereocenters. The van der Waals surface area contributed by atoms with E-state index in [1.807, 2.05) is 0 Å². The molecule has 0 aromatic heterocycles. The summed E-state index contributed by atoms with van der Waals surface area (Å²) in [5.41, 5.74) is 0.0127. The minimum atomic E-state index is -4.86. The number of benzene rings is 1. The molecule has 1 atom stereocenters. The summed E-state index contributed by atoms with van der Waals surface area (Å²) >= 11 is 0. The van der Waals surface area contributed by atoms with Crippen molar-refractivity contribution in [1.82, 2.24) is 0 Å². The number of anilines is 1. The lowest BCUT2D eigenvalue weighted by molar-refractivity contribution is -0.117. The molecular weight excluding hydrogens is 305 g/mol. The first-order valence-electron chi connectivity index (χ1n) is 5.89.